The first-order valence-electron chi connectivity index (χ1n) is 7.70. The molecule has 0 amide bonds. The fraction of sp³-hybridized carbons (Fsp3) is 0.235. The van der Waals surface area contributed by atoms with Crippen molar-refractivity contribution in [3.8, 4) is 0 Å². The molecule has 1 aliphatic rings. The Hall–Kier alpha value is -1.41. The Bertz CT molecular complexity index is 899. The molecule has 0 saturated heterocycles. The molecule has 1 N–H and O–H groups in total. The van der Waals surface area contributed by atoms with Crippen LogP contribution in [0.3, 0.4) is 0 Å². The van der Waals surface area contributed by atoms with Crippen molar-refractivity contribution in [2.45, 2.75) is 13.0 Å². The molecular weight excluding hydrogens is 461 g/mol. The Balaban J connectivity index is 2.25. The second kappa shape index (κ2) is 8.08. The molecule has 1 aromatic carbocycles. The molecule has 136 valence electrons. The van der Waals surface area contributed by atoms with Crippen LogP contribution in [0.1, 0.15) is 23.5 Å². The second-order valence-electron chi connectivity index (χ2n) is 5.40. The van der Waals surface area contributed by atoms with Crippen molar-refractivity contribution in [3.63, 3.8) is 0 Å². The van der Waals surface area contributed by atoms with Gasteiger partial charge in [0.1, 0.15) is 6.04 Å². The highest BCUT2D eigenvalue weighted by atomic mass is 79.9. The second-order valence-corrected chi connectivity index (χ2v) is 7.70. The van der Waals surface area contributed by atoms with Crippen molar-refractivity contribution in [1.29, 1.82) is 0 Å². The molecule has 3 rings (SSSR count). The minimum Gasteiger partial charge on any atom is -0.478 e. The van der Waals surface area contributed by atoms with Crippen LogP contribution >= 0.6 is 50.5 Å². The van der Waals surface area contributed by atoms with Crippen LogP contribution < -0.4 is 0 Å². The maximum atomic E-state index is 12.1. The zero-order valence-electron chi connectivity index (χ0n) is 13.6. The van der Waals surface area contributed by atoms with Gasteiger partial charge >= 0.3 is 5.97 Å². The number of alkyl halides is 1. The van der Waals surface area contributed by atoms with E-state index in [2.05, 4.69) is 20.9 Å². The summed E-state index contributed by atoms with van der Waals surface area (Å²) in [5.74, 6) is -0.395. The Morgan fingerprint density at radius 1 is 1.42 bits per heavy atom. The van der Waals surface area contributed by atoms with Crippen LogP contribution in [0.4, 0.5) is 0 Å². The number of carbonyl (C=O) groups is 1. The summed E-state index contributed by atoms with van der Waals surface area (Å²) in [5, 5.41) is 13.7. The number of hydrogen-bond donors (Lipinski definition) is 1. The predicted molar refractivity (Wildman–Crippen MR) is 109 cm³/mol. The van der Waals surface area contributed by atoms with Gasteiger partial charge in [-0.05, 0) is 19.1 Å². The van der Waals surface area contributed by atoms with Crippen molar-refractivity contribution in [2.24, 2.45) is 4.99 Å². The van der Waals surface area contributed by atoms with Gasteiger partial charge in [-0.2, -0.15) is 0 Å². The number of nitrogens with zero attached hydrogens (tertiary/aromatic N) is 3. The average Bonchev–Trinajstić information content (AvgIpc) is 3.14. The first kappa shape index (κ1) is 19.4. The van der Waals surface area contributed by atoms with Crippen LogP contribution in [-0.4, -0.2) is 38.7 Å². The number of carboxylic acids is 1. The Morgan fingerprint density at radius 2 is 2.19 bits per heavy atom. The van der Waals surface area contributed by atoms with Gasteiger partial charge in [-0.15, -0.1) is 11.3 Å². The topological polar surface area (TPSA) is 65.8 Å². The number of hydrogen-bond acceptors (Lipinski definition) is 5. The van der Waals surface area contributed by atoms with Crippen LogP contribution in [0.15, 0.2) is 46.0 Å². The van der Waals surface area contributed by atoms with Gasteiger partial charge in [0, 0.05) is 44.8 Å². The molecule has 1 unspecified atom stereocenters. The number of allylic oxidation sites excluding steroid dienone is 1. The summed E-state index contributed by atoms with van der Waals surface area (Å²) in [6.45, 7) is 2.51. The number of aliphatic carboxylic acids is 1. The molecular formula is C17H14BrCl2N3O2S. The third-order valence-corrected chi connectivity index (χ3v) is 5.83. The zero-order chi connectivity index (χ0) is 18.8. The number of carboxylic acid groups (broad SMARTS) is 1. The normalized spacial score (nSPS) is 17.5. The number of halogens is 3. The lowest BCUT2D eigenvalue weighted by atomic mass is 9.95. The molecule has 5 nitrogen and oxygen atoms in total. The number of rotatable bonds is 5. The number of thiazole rings is 1. The van der Waals surface area contributed by atoms with E-state index in [-0.39, 0.29) is 5.57 Å². The van der Waals surface area contributed by atoms with E-state index in [0.717, 1.165) is 5.01 Å². The van der Waals surface area contributed by atoms with Gasteiger partial charge in [-0.3, -0.25) is 4.99 Å². The number of amidine groups is 1. The van der Waals surface area contributed by atoms with Crippen molar-refractivity contribution in [1.82, 2.24) is 9.88 Å². The Labute approximate surface area is 173 Å². The SMILES string of the molecule is CCN1C(c2nccs2)=NC(c2ccc(Cl)cc2Cl)C(C(=O)O)=C1CBr. The van der Waals surface area contributed by atoms with E-state index >= 15 is 0 Å². The largest absolute Gasteiger partial charge is 0.478 e. The first-order chi connectivity index (χ1) is 12.5. The minimum absolute atomic E-state index is 0.188. The highest BCUT2D eigenvalue weighted by Crippen LogP contribution is 2.39. The lowest BCUT2D eigenvalue weighted by Gasteiger charge is -2.34. The molecule has 0 spiro atoms. The number of aliphatic imine (C=N–C) groups is 1. The van der Waals surface area contributed by atoms with Gasteiger partial charge in [-0.1, -0.05) is 45.2 Å². The van der Waals surface area contributed by atoms with E-state index in [1.165, 1.54) is 11.3 Å². The fourth-order valence-corrected chi connectivity index (χ4v) is 4.62. The molecule has 2 heterocycles. The van der Waals surface area contributed by atoms with Crippen molar-refractivity contribution >= 4 is 62.3 Å². The van der Waals surface area contributed by atoms with Crippen LogP contribution in [0.5, 0.6) is 0 Å². The first-order valence-corrected chi connectivity index (χ1v) is 10.5. The van der Waals surface area contributed by atoms with Gasteiger partial charge in [0.05, 0.1) is 5.57 Å². The number of benzene rings is 1. The summed E-state index contributed by atoms with van der Waals surface area (Å²) in [5.41, 5.74) is 1.42. The Kier molecular flexibility index (Phi) is 6.02. The molecule has 1 aliphatic heterocycles. The monoisotopic (exact) mass is 473 g/mol. The molecule has 0 fully saturated rings. The van der Waals surface area contributed by atoms with Crippen molar-refractivity contribution in [3.05, 3.63) is 61.7 Å². The third-order valence-electron chi connectivity index (χ3n) is 3.97. The van der Waals surface area contributed by atoms with Crippen LogP contribution in [0, 0.1) is 0 Å². The Morgan fingerprint density at radius 3 is 2.73 bits per heavy atom. The highest BCUT2D eigenvalue weighted by molar-refractivity contribution is 9.09. The standard InChI is InChI=1S/C17H14BrCl2N3O2S/c1-2-23-12(8-18)13(17(24)25)14(10-4-3-9(19)7-11(10)20)22-15(23)16-21-5-6-26-16/h3-7,14H,2,8H2,1H3,(H,24,25). The molecule has 2 aromatic rings. The zero-order valence-corrected chi connectivity index (χ0v) is 17.5. The van der Waals surface area contributed by atoms with Crippen LogP contribution in [-0.2, 0) is 4.79 Å². The lowest BCUT2D eigenvalue weighted by Crippen LogP contribution is -2.38. The summed E-state index contributed by atoms with van der Waals surface area (Å²) < 4.78 is 0. The average molecular weight is 475 g/mol. The minimum atomic E-state index is -1.03. The molecule has 0 bridgehead atoms. The van der Waals surface area contributed by atoms with Gasteiger partial charge in [-0.25, -0.2) is 9.78 Å². The van der Waals surface area contributed by atoms with Gasteiger partial charge in [0.15, 0.2) is 10.8 Å². The van der Waals surface area contributed by atoms with Crippen molar-refractivity contribution < 1.29 is 9.90 Å². The van der Waals surface area contributed by atoms with E-state index in [4.69, 9.17) is 28.2 Å². The molecule has 0 aliphatic carbocycles. The third kappa shape index (κ3) is 3.53. The van der Waals surface area contributed by atoms with E-state index in [0.29, 0.717) is 39.0 Å². The molecule has 1 aromatic heterocycles. The summed E-state index contributed by atoms with van der Waals surface area (Å²) >= 11 is 17.2. The summed E-state index contributed by atoms with van der Waals surface area (Å²) in [4.78, 5) is 23.0. The van der Waals surface area contributed by atoms with E-state index in [9.17, 15) is 9.90 Å². The van der Waals surface area contributed by atoms with E-state index < -0.39 is 12.0 Å². The quantitative estimate of drug-likeness (QED) is 0.618. The van der Waals surface area contributed by atoms with Crippen LogP contribution in [0.25, 0.3) is 0 Å². The molecule has 0 radical (unpaired) electrons. The predicted octanol–water partition coefficient (Wildman–Crippen LogP) is 5.01. The molecule has 0 saturated carbocycles. The molecule has 1 atom stereocenters. The van der Waals surface area contributed by atoms with E-state index in [1.54, 1.807) is 24.4 Å². The van der Waals surface area contributed by atoms with Gasteiger partial charge < -0.3 is 10.0 Å². The summed E-state index contributed by atoms with van der Waals surface area (Å²) in [7, 11) is 0. The lowest BCUT2D eigenvalue weighted by molar-refractivity contribution is -0.133. The van der Waals surface area contributed by atoms with Gasteiger partial charge in [0.2, 0.25) is 0 Å². The fourth-order valence-electron chi connectivity index (χ4n) is 2.87. The van der Waals surface area contributed by atoms with Crippen LogP contribution in [0.2, 0.25) is 10.0 Å². The smallest absolute Gasteiger partial charge is 0.335 e. The van der Waals surface area contributed by atoms with Crippen molar-refractivity contribution in [2.75, 3.05) is 11.9 Å². The maximum absolute atomic E-state index is 12.1. The summed E-state index contributed by atoms with van der Waals surface area (Å²) in [6, 6.07) is 4.25. The maximum Gasteiger partial charge on any atom is 0.335 e. The van der Waals surface area contributed by atoms with E-state index in [1.807, 2.05) is 17.2 Å². The highest BCUT2D eigenvalue weighted by Gasteiger charge is 2.36. The molecule has 26 heavy (non-hydrogen) atoms. The molecule has 9 heteroatoms. The van der Waals surface area contributed by atoms with Gasteiger partial charge in [0.25, 0.3) is 0 Å². The summed E-state index contributed by atoms with van der Waals surface area (Å²) in [6.07, 6.45) is 1.70. The number of aromatic nitrogens is 1.